The molecule has 1 saturated heterocycles. The fraction of sp³-hybridized carbons (Fsp3) is 0.647. The van der Waals surface area contributed by atoms with Gasteiger partial charge in [-0.05, 0) is 69.1 Å². The summed E-state index contributed by atoms with van der Waals surface area (Å²) in [6.45, 7) is 2.63. The molecule has 18 heavy (non-hydrogen) atoms. The number of hydrogen-bond donors (Lipinski definition) is 0. The van der Waals surface area contributed by atoms with Gasteiger partial charge in [0.25, 0.3) is 0 Å². The second-order valence-corrected chi connectivity index (χ2v) is 6.34. The molecule has 0 bridgehead atoms. The zero-order valence-corrected chi connectivity index (χ0v) is 11.5. The first-order chi connectivity index (χ1) is 8.83. The number of likely N-dealkylation sites (tertiary alicyclic amines) is 1. The van der Waals surface area contributed by atoms with Crippen molar-refractivity contribution in [2.75, 3.05) is 20.1 Å². The average molecular weight is 243 g/mol. The lowest BCUT2D eigenvalue weighted by molar-refractivity contribution is 0.208. The lowest BCUT2D eigenvalue weighted by Crippen LogP contribution is -2.30. The summed E-state index contributed by atoms with van der Waals surface area (Å²) in [5.74, 6) is 2.89. The minimum atomic E-state index is 0.887. The van der Waals surface area contributed by atoms with Crippen molar-refractivity contribution in [1.82, 2.24) is 4.90 Å². The van der Waals surface area contributed by atoms with E-state index in [1.807, 2.05) is 0 Å². The van der Waals surface area contributed by atoms with Gasteiger partial charge in [-0.25, -0.2) is 0 Å². The van der Waals surface area contributed by atoms with Crippen molar-refractivity contribution in [2.24, 2.45) is 11.8 Å². The first kappa shape index (κ1) is 12.2. The van der Waals surface area contributed by atoms with Crippen LogP contribution in [0.25, 0.3) is 0 Å². The molecule has 1 unspecified atom stereocenters. The standard InChI is InChI=1S/C17H25N/c1-18-11-9-14(10-12-18)7-8-16-13-17(16)15-5-3-2-4-6-15/h2-6,14,16-17H,7-13H2,1H3/t16-,17?/m0/s1. The van der Waals surface area contributed by atoms with Gasteiger partial charge in [0.2, 0.25) is 0 Å². The third kappa shape index (κ3) is 2.95. The molecule has 0 radical (unpaired) electrons. The van der Waals surface area contributed by atoms with Gasteiger partial charge in [-0.3, -0.25) is 0 Å². The van der Waals surface area contributed by atoms with Crippen LogP contribution >= 0.6 is 0 Å². The lowest BCUT2D eigenvalue weighted by Gasteiger charge is -2.28. The van der Waals surface area contributed by atoms with Gasteiger partial charge in [-0.1, -0.05) is 36.8 Å². The number of benzene rings is 1. The second-order valence-electron chi connectivity index (χ2n) is 6.34. The topological polar surface area (TPSA) is 3.24 Å². The summed E-state index contributed by atoms with van der Waals surface area (Å²) in [7, 11) is 2.25. The van der Waals surface area contributed by atoms with E-state index >= 15 is 0 Å². The lowest BCUT2D eigenvalue weighted by atomic mass is 9.91. The molecule has 2 aliphatic rings. The molecule has 1 heterocycles. The van der Waals surface area contributed by atoms with Gasteiger partial charge in [-0.2, -0.15) is 0 Å². The predicted molar refractivity (Wildman–Crippen MR) is 76.7 cm³/mol. The number of piperidine rings is 1. The highest BCUT2D eigenvalue weighted by atomic mass is 15.1. The van der Waals surface area contributed by atoms with E-state index in [1.165, 1.54) is 45.2 Å². The third-order valence-corrected chi connectivity index (χ3v) is 4.93. The molecule has 0 spiro atoms. The Morgan fingerprint density at radius 1 is 1.06 bits per heavy atom. The SMILES string of the molecule is CN1CCC(CC[C@H]2CC2c2ccccc2)CC1. The minimum absolute atomic E-state index is 0.887. The van der Waals surface area contributed by atoms with Gasteiger partial charge in [0.05, 0.1) is 0 Å². The summed E-state index contributed by atoms with van der Waals surface area (Å²) in [6, 6.07) is 11.1. The summed E-state index contributed by atoms with van der Waals surface area (Å²) < 4.78 is 0. The summed E-state index contributed by atoms with van der Waals surface area (Å²) in [5.41, 5.74) is 1.57. The highest BCUT2D eigenvalue weighted by Gasteiger charge is 2.37. The summed E-state index contributed by atoms with van der Waals surface area (Å²) >= 11 is 0. The normalized spacial score (nSPS) is 29.4. The van der Waals surface area contributed by atoms with Gasteiger partial charge in [0.1, 0.15) is 0 Å². The molecule has 1 heteroatoms. The number of rotatable bonds is 4. The van der Waals surface area contributed by atoms with Crippen LogP contribution in [0.3, 0.4) is 0 Å². The maximum absolute atomic E-state index is 2.47. The van der Waals surface area contributed by atoms with Crippen molar-refractivity contribution in [3.8, 4) is 0 Å². The first-order valence-electron chi connectivity index (χ1n) is 7.56. The third-order valence-electron chi connectivity index (χ3n) is 4.93. The molecule has 0 amide bonds. The predicted octanol–water partition coefficient (Wildman–Crippen LogP) is 3.91. The van der Waals surface area contributed by atoms with Crippen LogP contribution < -0.4 is 0 Å². The van der Waals surface area contributed by atoms with Crippen LogP contribution in [0.2, 0.25) is 0 Å². The Morgan fingerprint density at radius 3 is 2.50 bits per heavy atom. The molecular formula is C17H25N. The molecule has 3 rings (SSSR count). The molecule has 98 valence electrons. The molecule has 0 aromatic heterocycles. The van der Waals surface area contributed by atoms with Crippen molar-refractivity contribution < 1.29 is 0 Å². The highest BCUT2D eigenvalue weighted by Crippen LogP contribution is 2.50. The second kappa shape index (κ2) is 5.44. The molecule has 1 saturated carbocycles. The number of hydrogen-bond acceptors (Lipinski definition) is 1. The molecule has 1 aromatic carbocycles. The van der Waals surface area contributed by atoms with Crippen LogP contribution in [0.1, 0.15) is 43.6 Å². The first-order valence-corrected chi connectivity index (χ1v) is 7.56. The van der Waals surface area contributed by atoms with E-state index in [1.54, 1.807) is 5.56 Å². The fourth-order valence-electron chi connectivity index (χ4n) is 3.48. The van der Waals surface area contributed by atoms with Crippen molar-refractivity contribution >= 4 is 0 Å². The number of nitrogens with zero attached hydrogens (tertiary/aromatic N) is 1. The molecule has 0 N–H and O–H groups in total. The molecular weight excluding hydrogens is 218 g/mol. The van der Waals surface area contributed by atoms with Gasteiger partial charge in [-0.15, -0.1) is 0 Å². The monoisotopic (exact) mass is 243 g/mol. The van der Waals surface area contributed by atoms with Crippen molar-refractivity contribution in [1.29, 1.82) is 0 Å². The quantitative estimate of drug-likeness (QED) is 0.775. The minimum Gasteiger partial charge on any atom is -0.306 e. The van der Waals surface area contributed by atoms with Crippen molar-refractivity contribution in [3.63, 3.8) is 0 Å². The van der Waals surface area contributed by atoms with Crippen LogP contribution in [0.5, 0.6) is 0 Å². The maximum atomic E-state index is 2.47. The summed E-state index contributed by atoms with van der Waals surface area (Å²) in [6.07, 6.45) is 7.24. The van der Waals surface area contributed by atoms with Crippen LogP contribution in [0.4, 0.5) is 0 Å². The Hall–Kier alpha value is -0.820. The smallest absolute Gasteiger partial charge is 0.00191 e. The molecule has 1 aliphatic carbocycles. The largest absolute Gasteiger partial charge is 0.306 e. The Kier molecular flexibility index (Phi) is 3.69. The Balaban J connectivity index is 1.41. The maximum Gasteiger partial charge on any atom is -0.00191 e. The van der Waals surface area contributed by atoms with Crippen molar-refractivity contribution in [3.05, 3.63) is 35.9 Å². The Bertz CT molecular complexity index is 364. The Morgan fingerprint density at radius 2 is 1.78 bits per heavy atom. The van der Waals surface area contributed by atoms with Crippen molar-refractivity contribution in [2.45, 2.75) is 38.0 Å². The Labute approximate surface area is 111 Å². The molecule has 1 aromatic rings. The average Bonchev–Trinajstić information content (AvgIpc) is 3.19. The summed E-state index contributed by atoms with van der Waals surface area (Å²) in [4.78, 5) is 2.47. The van der Waals surface area contributed by atoms with Crippen LogP contribution in [-0.2, 0) is 0 Å². The van der Waals surface area contributed by atoms with E-state index in [0.29, 0.717) is 0 Å². The van der Waals surface area contributed by atoms with Crippen LogP contribution in [0.15, 0.2) is 30.3 Å². The molecule has 2 atom stereocenters. The van der Waals surface area contributed by atoms with Crippen LogP contribution in [0, 0.1) is 11.8 Å². The van der Waals surface area contributed by atoms with Gasteiger partial charge in [0, 0.05) is 0 Å². The highest BCUT2D eigenvalue weighted by molar-refractivity contribution is 5.25. The van der Waals surface area contributed by atoms with E-state index in [9.17, 15) is 0 Å². The zero-order valence-electron chi connectivity index (χ0n) is 11.5. The van der Waals surface area contributed by atoms with E-state index in [4.69, 9.17) is 0 Å². The van der Waals surface area contributed by atoms with E-state index in [-0.39, 0.29) is 0 Å². The molecule has 2 fully saturated rings. The summed E-state index contributed by atoms with van der Waals surface area (Å²) in [5, 5.41) is 0. The molecule has 1 nitrogen and oxygen atoms in total. The van der Waals surface area contributed by atoms with Gasteiger partial charge >= 0.3 is 0 Å². The van der Waals surface area contributed by atoms with E-state index in [0.717, 1.165) is 17.8 Å². The van der Waals surface area contributed by atoms with Gasteiger partial charge in [0.15, 0.2) is 0 Å². The van der Waals surface area contributed by atoms with E-state index in [2.05, 4.69) is 42.3 Å². The fourth-order valence-corrected chi connectivity index (χ4v) is 3.48. The zero-order chi connectivity index (χ0) is 12.4. The molecule has 1 aliphatic heterocycles. The van der Waals surface area contributed by atoms with Gasteiger partial charge < -0.3 is 4.90 Å². The van der Waals surface area contributed by atoms with E-state index < -0.39 is 0 Å². The van der Waals surface area contributed by atoms with Crippen LogP contribution in [-0.4, -0.2) is 25.0 Å².